The maximum absolute atomic E-state index is 12.4. The van der Waals surface area contributed by atoms with Crippen molar-refractivity contribution in [3.8, 4) is 11.5 Å². The van der Waals surface area contributed by atoms with Gasteiger partial charge in [-0.15, -0.1) is 6.58 Å². The van der Waals surface area contributed by atoms with E-state index in [4.69, 9.17) is 14.5 Å². The highest BCUT2D eigenvalue weighted by molar-refractivity contribution is 5.95. The quantitative estimate of drug-likeness (QED) is 0.139. The fraction of sp³-hybridized carbons (Fsp3) is 0.333. The summed E-state index contributed by atoms with van der Waals surface area (Å²) >= 11 is 0. The molecule has 1 heterocycles. The Bertz CT molecular complexity index is 1390. The lowest BCUT2D eigenvalue weighted by molar-refractivity contribution is 0.0952. The van der Waals surface area contributed by atoms with Crippen LogP contribution >= 0.6 is 0 Å². The zero-order chi connectivity index (χ0) is 27.5. The van der Waals surface area contributed by atoms with Crippen molar-refractivity contribution in [2.45, 2.75) is 52.0 Å². The number of carbonyl (C=O) groups excluding carboxylic acids is 1. The molecule has 0 saturated carbocycles. The summed E-state index contributed by atoms with van der Waals surface area (Å²) in [5.74, 6) is 2.61. The second-order valence-electron chi connectivity index (χ2n) is 9.73. The molecule has 0 aliphatic rings. The number of methoxy groups -OCH3 is 1. The molecule has 39 heavy (non-hydrogen) atoms. The van der Waals surface area contributed by atoms with Crippen LogP contribution in [0.1, 0.15) is 53.0 Å². The van der Waals surface area contributed by atoms with Gasteiger partial charge >= 0.3 is 0 Å². The third kappa shape index (κ3) is 7.50. The third-order valence-electron chi connectivity index (χ3n) is 6.88. The van der Waals surface area contributed by atoms with E-state index in [2.05, 4.69) is 40.7 Å². The molecule has 1 amide bonds. The molecular weight excluding hydrogens is 486 g/mol. The molecule has 0 bridgehead atoms. The van der Waals surface area contributed by atoms with Gasteiger partial charge in [0.1, 0.15) is 5.82 Å². The number of benzene rings is 3. The molecule has 0 fully saturated rings. The standard InChI is InChI=1S/C33H39N3O3/c1-4-13-26-19-20-30(31(24-26)38-3)39-23-12-22-36-29-17-10-9-16-28(29)35-32(36)18-6-5-11-21-34-33(37)27-15-8-7-14-25(27)2/h4,7-10,14-17,19-20,24H,1,5-6,11-13,18,21-23H2,2-3H3,(H,34,37). The molecule has 4 aromatic rings. The molecule has 3 aromatic carbocycles. The number of hydrogen-bond donors (Lipinski definition) is 1. The summed E-state index contributed by atoms with van der Waals surface area (Å²) in [6, 6.07) is 22.0. The van der Waals surface area contributed by atoms with E-state index in [-0.39, 0.29) is 5.91 Å². The molecule has 0 aliphatic heterocycles. The van der Waals surface area contributed by atoms with E-state index >= 15 is 0 Å². The van der Waals surface area contributed by atoms with Crippen LogP contribution in [0.15, 0.2) is 79.4 Å². The maximum Gasteiger partial charge on any atom is 0.251 e. The molecule has 1 aromatic heterocycles. The number of allylic oxidation sites excluding steroid dienone is 1. The van der Waals surface area contributed by atoms with Crippen molar-refractivity contribution in [1.82, 2.24) is 14.9 Å². The Kier molecular flexibility index (Phi) is 10.2. The van der Waals surface area contributed by atoms with Crippen LogP contribution < -0.4 is 14.8 Å². The smallest absolute Gasteiger partial charge is 0.251 e. The predicted molar refractivity (Wildman–Crippen MR) is 158 cm³/mol. The minimum absolute atomic E-state index is 0.00226. The first kappa shape index (κ1) is 28.0. The van der Waals surface area contributed by atoms with Crippen molar-refractivity contribution >= 4 is 16.9 Å². The number of para-hydroxylation sites is 2. The van der Waals surface area contributed by atoms with Crippen LogP contribution in [0.3, 0.4) is 0 Å². The average Bonchev–Trinajstić information content (AvgIpc) is 3.30. The SMILES string of the molecule is C=CCc1ccc(OCCCn2c(CCCCCNC(=O)c3ccccc3C)nc3ccccc32)c(OC)c1. The maximum atomic E-state index is 12.4. The van der Waals surface area contributed by atoms with Crippen LogP contribution in [-0.4, -0.2) is 35.7 Å². The minimum atomic E-state index is 0.00226. The van der Waals surface area contributed by atoms with Crippen LogP contribution in [0.4, 0.5) is 0 Å². The number of nitrogens with one attached hydrogen (secondary N) is 1. The Balaban J connectivity index is 1.27. The zero-order valence-electron chi connectivity index (χ0n) is 23.1. The van der Waals surface area contributed by atoms with Crippen LogP contribution in [0.2, 0.25) is 0 Å². The second-order valence-corrected chi connectivity index (χ2v) is 9.73. The van der Waals surface area contributed by atoms with Crippen LogP contribution in [0, 0.1) is 6.92 Å². The molecule has 0 radical (unpaired) electrons. The summed E-state index contributed by atoms with van der Waals surface area (Å²) in [6.07, 6.45) is 7.44. The lowest BCUT2D eigenvalue weighted by Gasteiger charge is -2.13. The molecule has 0 saturated heterocycles. The van der Waals surface area contributed by atoms with Crippen LogP contribution in [-0.2, 0) is 19.4 Å². The van der Waals surface area contributed by atoms with Crippen molar-refractivity contribution in [3.63, 3.8) is 0 Å². The number of ether oxygens (including phenoxy) is 2. The molecule has 0 spiro atoms. The number of nitrogens with zero attached hydrogens (tertiary/aromatic N) is 2. The summed E-state index contributed by atoms with van der Waals surface area (Å²) < 4.78 is 13.9. The van der Waals surface area contributed by atoms with Crippen LogP contribution in [0.25, 0.3) is 11.0 Å². The zero-order valence-corrected chi connectivity index (χ0v) is 23.1. The number of amides is 1. The molecular formula is C33H39N3O3. The highest BCUT2D eigenvalue weighted by Gasteiger charge is 2.12. The number of unbranched alkanes of at least 4 members (excludes halogenated alkanes) is 2. The monoisotopic (exact) mass is 525 g/mol. The van der Waals surface area contributed by atoms with E-state index in [0.717, 1.165) is 90.1 Å². The first-order valence-corrected chi connectivity index (χ1v) is 13.8. The van der Waals surface area contributed by atoms with Crippen molar-refractivity contribution in [1.29, 1.82) is 0 Å². The Labute approximate surface area is 231 Å². The summed E-state index contributed by atoms with van der Waals surface area (Å²) in [4.78, 5) is 17.3. The predicted octanol–water partition coefficient (Wildman–Crippen LogP) is 6.69. The Morgan fingerprint density at radius 3 is 2.64 bits per heavy atom. The van der Waals surface area contributed by atoms with Gasteiger partial charge in [-0.3, -0.25) is 4.79 Å². The summed E-state index contributed by atoms with van der Waals surface area (Å²) in [7, 11) is 1.67. The Morgan fingerprint density at radius 1 is 1.00 bits per heavy atom. The summed E-state index contributed by atoms with van der Waals surface area (Å²) in [5.41, 5.74) is 5.08. The molecule has 0 unspecified atom stereocenters. The lowest BCUT2D eigenvalue weighted by atomic mass is 10.1. The molecule has 6 nitrogen and oxygen atoms in total. The van der Waals surface area contributed by atoms with Gasteiger partial charge in [-0.05, 0) is 74.1 Å². The number of hydrogen-bond acceptors (Lipinski definition) is 4. The van der Waals surface area contributed by atoms with Crippen molar-refractivity contribution in [3.05, 3.63) is 102 Å². The normalized spacial score (nSPS) is 10.9. The van der Waals surface area contributed by atoms with E-state index in [1.54, 1.807) is 7.11 Å². The summed E-state index contributed by atoms with van der Waals surface area (Å²) in [5, 5.41) is 3.05. The van der Waals surface area contributed by atoms with Gasteiger partial charge < -0.3 is 19.4 Å². The van der Waals surface area contributed by atoms with Crippen molar-refractivity contribution in [2.75, 3.05) is 20.3 Å². The molecule has 1 N–H and O–H groups in total. The first-order valence-electron chi connectivity index (χ1n) is 13.8. The average molecular weight is 526 g/mol. The van der Waals surface area contributed by atoms with Gasteiger partial charge in [0.15, 0.2) is 11.5 Å². The van der Waals surface area contributed by atoms with Crippen molar-refractivity contribution < 1.29 is 14.3 Å². The fourth-order valence-electron chi connectivity index (χ4n) is 4.81. The van der Waals surface area contributed by atoms with E-state index in [9.17, 15) is 4.79 Å². The van der Waals surface area contributed by atoms with Gasteiger partial charge in [-0.2, -0.15) is 0 Å². The number of rotatable bonds is 15. The number of fused-ring (bicyclic) bond motifs is 1. The topological polar surface area (TPSA) is 65.4 Å². The molecule has 204 valence electrons. The van der Waals surface area contributed by atoms with Crippen molar-refractivity contribution in [2.24, 2.45) is 0 Å². The van der Waals surface area contributed by atoms with Crippen LogP contribution in [0.5, 0.6) is 11.5 Å². The second kappa shape index (κ2) is 14.2. The lowest BCUT2D eigenvalue weighted by Crippen LogP contribution is -2.25. The van der Waals surface area contributed by atoms with E-state index < -0.39 is 0 Å². The van der Waals surface area contributed by atoms with Gasteiger partial charge in [0, 0.05) is 25.1 Å². The Hall–Kier alpha value is -4.06. The highest BCUT2D eigenvalue weighted by Crippen LogP contribution is 2.28. The number of aromatic nitrogens is 2. The molecule has 0 aliphatic carbocycles. The number of carbonyl (C=O) groups is 1. The van der Waals surface area contributed by atoms with E-state index in [1.165, 1.54) is 0 Å². The van der Waals surface area contributed by atoms with E-state index in [0.29, 0.717) is 13.2 Å². The van der Waals surface area contributed by atoms with Gasteiger partial charge in [-0.25, -0.2) is 4.98 Å². The number of imidazole rings is 1. The summed E-state index contributed by atoms with van der Waals surface area (Å²) in [6.45, 7) is 7.87. The fourth-order valence-corrected chi connectivity index (χ4v) is 4.81. The third-order valence-corrected chi connectivity index (χ3v) is 6.88. The first-order chi connectivity index (χ1) is 19.1. The Morgan fingerprint density at radius 2 is 1.82 bits per heavy atom. The highest BCUT2D eigenvalue weighted by atomic mass is 16.5. The van der Waals surface area contributed by atoms with Gasteiger partial charge in [0.2, 0.25) is 0 Å². The van der Waals surface area contributed by atoms with Gasteiger partial charge in [-0.1, -0.05) is 48.9 Å². The molecule has 4 rings (SSSR count). The molecule has 6 heteroatoms. The number of aryl methyl sites for hydroxylation is 3. The van der Waals surface area contributed by atoms with Gasteiger partial charge in [0.05, 0.1) is 24.8 Å². The largest absolute Gasteiger partial charge is 0.493 e. The molecule has 0 atom stereocenters. The minimum Gasteiger partial charge on any atom is -0.493 e. The van der Waals surface area contributed by atoms with Gasteiger partial charge in [0.25, 0.3) is 5.91 Å². The van der Waals surface area contributed by atoms with E-state index in [1.807, 2.05) is 55.5 Å².